The largest absolute Gasteiger partial charge is 0.314 e. The molecule has 1 aromatic heterocycles. The molecular weight excluding hydrogens is 176 g/mol. The van der Waals surface area contributed by atoms with E-state index in [1.807, 2.05) is 6.07 Å². The van der Waals surface area contributed by atoms with E-state index in [0.29, 0.717) is 6.54 Å². The van der Waals surface area contributed by atoms with Crippen molar-refractivity contribution in [2.75, 3.05) is 0 Å². The summed E-state index contributed by atoms with van der Waals surface area (Å²) < 4.78 is 1.58. The topological polar surface area (TPSA) is 45.8 Å². The molecule has 0 atom stereocenters. The van der Waals surface area contributed by atoms with Gasteiger partial charge in [0, 0.05) is 12.7 Å². The molecule has 0 radical (unpaired) electrons. The lowest BCUT2D eigenvalue weighted by Crippen LogP contribution is -2.27. The van der Waals surface area contributed by atoms with E-state index in [1.165, 1.54) is 0 Å². The maximum absolute atomic E-state index is 11.6. The van der Waals surface area contributed by atoms with E-state index in [-0.39, 0.29) is 16.5 Å². The monoisotopic (exact) mass is 190 g/mol. The van der Waals surface area contributed by atoms with Crippen molar-refractivity contribution in [2.45, 2.75) is 27.3 Å². The van der Waals surface area contributed by atoms with Crippen molar-refractivity contribution in [1.29, 1.82) is 5.26 Å². The van der Waals surface area contributed by atoms with Gasteiger partial charge in [-0.3, -0.25) is 4.79 Å². The zero-order chi connectivity index (χ0) is 10.8. The lowest BCUT2D eigenvalue weighted by Gasteiger charge is -2.19. The van der Waals surface area contributed by atoms with Crippen LogP contribution in [0.2, 0.25) is 0 Å². The van der Waals surface area contributed by atoms with Crippen LogP contribution in [0.1, 0.15) is 26.3 Å². The highest BCUT2D eigenvalue weighted by Gasteiger charge is 2.12. The quantitative estimate of drug-likeness (QED) is 0.677. The molecule has 0 saturated heterocycles. The highest BCUT2D eigenvalue weighted by atomic mass is 16.1. The Kier molecular flexibility index (Phi) is 2.76. The predicted molar refractivity (Wildman–Crippen MR) is 54.9 cm³/mol. The number of hydrogen-bond acceptors (Lipinski definition) is 2. The van der Waals surface area contributed by atoms with Crippen LogP contribution in [0.3, 0.4) is 0 Å². The molecule has 14 heavy (non-hydrogen) atoms. The van der Waals surface area contributed by atoms with Crippen LogP contribution in [-0.2, 0) is 6.54 Å². The fourth-order valence-electron chi connectivity index (χ4n) is 1.26. The Hall–Kier alpha value is -1.56. The van der Waals surface area contributed by atoms with Gasteiger partial charge in [-0.2, -0.15) is 5.26 Å². The van der Waals surface area contributed by atoms with Gasteiger partial charge in [-0.25, -0.2) is 0 Å². The van der Waals surface area contributed by atoms with Crippen LogP contribution in [0, 0.1) is 16.7 Å². The Labute approximate surface area is 83.6 Å². The molecule has 1 rings (SSSR count). The SMILES string of the molecule is CC(C)(C)Cn1cccc(C#N)c1=O. The number of hydrogen-bond donors (Lipinski definition) is 0. The van der Waals surface area contributed by atoms with Crippen LogP contribution < -0.4 is 5.56 Å². The molecule has 0 spiro atoms. The molecule has 0 aliphatic carbocycles. The van der Waals surface area contributed by atoms with Gasteiger partial charge in [0.25, 0.3) is 5.56 Å². The van der Waals surface area contributed by atoms with E-state index in [0.717, 1.165) is 0 Å². The third-order valence-corrected chi connectivity index (χ3v) is 1.79. The van der Waals surface area contributed by atoms with Crippen molar-refractivity contribution >= 4 is 0 Å². The lowest BCUT2D eigenvalue weighted by molar-refractivity contribution is 0.338. The highest BCUT2D eigenvalue weighted by molar-refractivity contribution is 5.24. The third-order valence-electron chi connectivity index (χ3n) is 1.79. The van der Waals surface area contributed by atoms with Crippen molar-refractivity contribution in [3.05, 3.63) is 34.2 Å². The van der Waals surface area contributed by atoms with E-state index in [1.54, 1.807) is 22.9 Å². The second-order valence-electron chi connectivity index (χ2n) is 4.53. The molecule has 74 valence electrons. The molecule has 0 N–H and O–H groups in total. The molecular formula is C11H14N2O. The summed E-state index contributed by atoms with van der Waals surface area (Å²) in [4.78, 5) is 11.6. The minimum absolute atomic E-state index is 0.0396. The van der Waals surface area contributed by atoms with Gasteiger partial charge in [0.05, 0.1) is 0 Å². The fourth-order valence-corrected chi connectivity index (χ4v) is 1.26. The van der Waals surface area contributed by atoms with E-state index in [2.05, 4.69) is 20.8 Å². The summed E-state index contributed by atoms with van der Waals surface area (Å²) >= 11 is 0. The van der Waals surface area contributed by atoms with Crippen LogP contribution in [0.5, 0.6) is 0 Å². The lowest BCUT2D eigenvalue weighted by atomic mass is 9.97. The van der Waals surface area contributed by atoms with Gasteiger partial charge in [0.1, 0.15) is 11.6 Å². The van der Waals surface area contributed by atoms with Crippen LogP contribution in [-0.4, -0.2) is 4.57 Å². The molecule has 3 nitrogen and oxygen atoms in total. The Morgan fingerprint density at radius 3 is 2.64 bits per heavy atom. The van der Waals surface area contributed by atoms with Crippen LogP contribution in [0.15, 0.2) is 23.1 Å². The fraction of sp³-hybridized carbons (Fsp3) is 0.455. The standard InChI is InChI=1S/C11H14N2O/c1-11(2,3)8-13-6-4-5-9(7-12)10(13)14/h4-6H,8H2,1-3H3. The van der Waals surface area contributed by atoms with Gasteiger partial charge >= 0.3 is 0 Å². The van der Waals surface area contributed by atoms with Crippen LogP contribution in [0.25, 0.3) is 0 Å². The number of nitriles is 1. The van der Waals surface area contributed by atoms with Crippen molar-refractivity contribution < 1.29 is 0 Å². The molecule has 1 heterocycles. The summed E-state index contributed by atoms with van der Waals surface area (Å²) in [6.45, 7) is 6.79. The first kappa shape index (κ1) is 10.5. The van der Waals surface area contributed by atoms with Gasteiger partial charge in [0.2, 0.25) is 0 Å². The predicted octanol–water partition coefficient (Wildman–Crippen LogP) is 1.77. The zero-order valence-corrected chi connectivity index (χ0v) is 8.74. The summed E-state index contributed by atoms with van der Waals surface area (Å²) in [5, 5.41) is 8.68. The highest BCUT2D eigenvalue weighted by Crippen LogP contribution is 2.14. The van der Waals surface area contributed by atoms with Crippen molar-refractivity contribution in [3.63, 3.8) is 0 Å². The van der Waals surface area contributed by atoms with Gasteiger partial charge < -0.3 is 4.57 Å². The molecule has 0 aromatic carbocycles. The van der Waals surface area contributed by atoms with Gasteiger partial charge in [-0.05, 0) is 17.5 Å². The molecule has 0 bridgehead atoms. The summed E-state index contributed by atoms with van der Waals surface area (Å²) in [7, 11) is 0. The molecule has 1 aromatic rings. The zero-order valence-electron chi connectivity index (χ0n) is 8.74. The van der Waals surface area contributed by atoms with E-state index >= 15 is 0 Å². The smallest absolute Gasteiger partial charge is 0.268 e. The average Bonchev–Trinajstić information content (AvgIpc) is 2.06. The van der Waals surface area contributed by atoms with Gasteiger partial charge in [-0.1, -0.05) is 20.8 Å². The summed E-state index contributed by atoms with van der Waals surface area (Å²) in [5.74, 6) is 0. The maximum Gasteiger partial charge on any atom is 0.268 e. The first-order valence-corrected chi connectivity index (χ1v) is 4.53. The minimum atomic E-state index is -0.204. The second kappa shape index (κ2) is 3.67. The molecule has 0 fully saturated rings. The average molecular weight is 190 g/mol. The minimum Gasteiger partial charge on any atom is -0.314 e. The third kappa shape index (κ3) is 2.46. The van der Waals surface area contributed by atoms with Gasteiger partial charge in [-0.15, -0.1) is 0 Å². The Bertz CT molecular complexity index is 418. The normalized spacial score (nSPS) is 11.0. The van der Waals surface area contributed by atoms with Crippen molar-refractivity contribution in [1.82, 2.24) is 4.57 Å². The molecule has 0 saturated carbocycles. The molecule has 0 amide bonds. The van der Waals surface area contributed by atoms with Crippen LogP contribution >= 0.6 is 0 Å². The number of rotatable bonds is 1. The Morgan fingerprint density at radius 2 is 2.14 bits per heavy atom. The van der Waals surface area contributed by atoms with E-state index in [4.69, 9.17) is 5.26 Å². The first-order chi connectivity index (χ1) is 6.44. The molecule has 3 heteroatoms. The van der Waals surface area contributed by atoms with Crippen molar-refractivity contribution in [2.24, 2.45) is 5.41 Å². The number of pyridine rings is 1. The van der Waals surface area contributed by atoms with E-state index in [9.17, 15) is 4.79 Å². The molecule has 0 aliphatic rings. The van der Waals surface area contributed by atoms with Crippen LogP contribution in [0.4, 0.5) is 0 Å². The second-order valence-corrected chi connectivity index (χ2v) is 4.53. The maximum atomic E-state index is 11.6. The van der Waals surface area contributed by atoms with Crippen molar-refractivity contribution in [3.8, 4) is 6.07 Å². The molecule has 0 aliphatic heterocycles. The summed E-state index contributed by atoms with van der Waals surface area (Å²) in [6.07, 6.45) is 1.72. The Balaban J connectivity index is 3.13. The van der Waals surface area contributed by atoms with E-state index < -0.39 is 0 Å². The number of aromatic nitrogens is 1. The van der Waals surface area contributed by atoms with Gasteiger partial charge in [0.15, 0.2) is 0 Å². The Morgan fingerprint density at radius 1 is 1.50 bits per heavy atom. The number of nitrogens with zero attached hydrogens (tertiary/aromatic N) is 2. The summed E-state index contributed by atoms with van der Waals surface area (Å²) in [5.41, 5.74) is 0.0411. The first-order valence-electron chi connectivity index (χ1n) is 4.53. The summed E-state index contributed by atoms with van der Waals surface area (Å²) in [6, 6.07) is 5.16. The molecule has 0 unspecified atom stereocenters.